The van der Waals surface area contributed by atoms with Crippen molar-refractivity contribution in [2.45, 2.75) is 65.3 Å². The zero-order valence-electron chi connectivity index (χ0n) is 25.5. The van der Waals surface area contributed by atoms with E-state index in [2.05, 4.69) is 12.2 Å². The maximum Gasteiger partial charge on any atom is 1.00 e. The Labute approximate surface area is 283 Å². The Morgan fingerprint density at radius 1 is 1.09 bits per heavy atom. The molecule has 0 saturated heterocycles. The first kappa shape index (κ1) is 33.3. The van der Waals surface area contributed by atoms with Crippen molar-refractivity contribution in [3.63, 3.8) is 0 Å². The first-order valence-electron chi connectivity index (χ1n) is 14.2. The van der Waals surface area contributed by atoms with Gasteiger partial charge in [-0.25, -0.2) is 4.98 Å². The van der Waals surface area contributed by atoms with E-state index in [9.17, 15) is 14.7 Å². The van der Waals surface area contributed by atoms with E-state index in [0.717, 1.165) is 39.8 Å². The molecule has 0 radical (unpaired) electrons. The quantitative estimate of drug-likeness (QED) is 0.282. The number of amides is 1. The molecular formula is C32H35ClN3NaO5S. The van der Waals surface area contributed by atoms with Gasteiger partial charge in [-0.1, -0.05) is 49.4 Å². The molecule has 11 heteroatoms. The molecule has 1 atom stereocenters. The van der Waals surface area contributed by atoms with Crippen molar-refractivity contribution in [3.05, 3.63) is 57.1 Å². The molecule has 4 aromatic rings. The van der Waals surface area contributed by atoms with Gasteiger partial charge in [-0.3, -0.25) is 10.1 Å². The fraction of sp³-hybridized carbons (Fsp3) is 0.406. The maximum absolute atomic E-state index is 13.7. The van der Waals surface area contributed by atoms with Crippen LogP contribution in [-0.4, -0.2) is 35.6 Å². The van der Waals surface area contributed by atoms with Gasteiger partial charge in [0, 0.05) is 21.9 Å². The van der Waals surface area contributed by atoms with Crippen molar-refractivity contribution in [1.29, 1.82) is 0 Å². The normalized spacial score (nSPS) is 14.3. The van der Waals surface area contributed by atoms with Crippen LogP contribution in [0.1, 0.15) is 71.4 Å². The summed E-state index contributed by atoms with van der Waals surface area (Å²) in [6.45, 7) is 5.66. The number of anilines is 1. The number of aromatic nitrogens is 2. The van der Waals surface area contributed by atoms with E-state index in [4.69, 9.17) is 26.1 Å². The molecule has 2 heterocycles. The molecule has 0 bridgehead atoms. The van der Waals surface area contributed by atoms with Crippen molar-refractivity contribution < 1.29 is 53.7 Å². The second kappa shape index (κ2) is 14.0. The van der Waals surface area contributed by atoms with E-state index < -0.39 is 18.4 Å². The molecule has 222 valence electrons. The molecule has 1 aliphatic carbocycles. The Kier molecular flexibility index (Phi) is 10.9. The van der Waals surface area contributed by atoms with Crippen molar-refractivity contribution in [3.8, 4) is 22.8 Å². The van der Waals surface area contributed by atoms with Gasteiger partial charge in [-0.15, -0.1) is 11.3 Å². The van der Waals surface area contributed by atoms with Crippen LogP contribution in [0, 0.1) is 19.8 Å². The van der Waals surface area contributed by atoms with Crippen molar-refractivity contribution in [2.75, 3.05) is 19.5 Å². The van der Waals surface area contributed by atoms with Crippen molar-refractivity contribution in [2.24, 2.45) is 5.92 Å². The minimum Gasteiger partial charge on any atom is -0.548 e. The molecule has 2 aromatic carbocycles. The third-order valence-corrected chi connectivity index (χ3v) is 9.69. The largest absolute Gasteiger partial charge is 1.00 e. The average Bonchev–Trinajstić information content (AvgIpc) is 3.54. The summed E-state index contributed by atoms with van der Waals surface area (Å²) in [5.74, 6) is 0.0389. The number of hydrogen-bond donors (Lipinski definition) is 1. The number of methoxy groups -OCH3 is 2. The van der Waals surface area contributed by atoms with E-state index >= 15 is 0 Å². The summed E-state index contributed by atoms with van der Waals surface area (Å²) in [6.07, 6.45) is 5.94. The Bertz CT molecular complexity index is 1660. The number of nitrogens with one attached hydrogen (secondary N) is 1. The topological polar surface area (TPSA) is 106 Å². The van der Waals surface area contributed by atoms with Crippen LogP contribution >= 0.6 is 22.9 Å². The Balaban J connectivity index is 0.00000423. The zero-order valence-corrected chi connectivity index (χ0v) is 29.1. The predicted octanol–water partition coefficient (Wildman–Crippen LogP) is 3.74. The maximum atomic E-state index is 13.7. The monoisotopic (exact) mass is 631 g/mol. The number of carboxylic acid groups (broad SMARTS) is 1. The third-order valence-electron chi connectivity index (χ3n) is 8.22. The number of nitrogens with zero attached hydrogens (tertiary/aromatic N) is 2. The van der Waals surface area contributed by atoms with Gasteiger partial charge in [0.1, 0.15) is 17.2 Å². The molecule has 1 fully saturated rings. The van der Waals surface area contributed by atoms with Crippen molar-refractivity contribution in [1.82, 2.24) is 9.55 Å². The van der Waals surface area contributed by atoms with Crippen LogP contribution in [0.15, 0.2) is 30.3 Å². The molecule has 5 rings (SSSR count). The summed E-state index contributed by atoms with van der Waals surface area (Å²) < 4.78 is 12.7. The molecule has 8 nitrogen and oxygen atoms in total. The average molecular weight is 632 g/mol. The third kappa shape index (κ3) is 6.91. The Morgan fingerprint density at radius 2 is 1.79 bits per heavy atom. The molecule has 1 unspecified atom stereocenters. The first-order chi connectivity index (χ1) is 20.1. The fourth-order valence-corrected chi connectivity index (χ4v) is 7.59. The number of ether oxygens (including phenoxy) is 2. The van der Waals surface area contributed by atoms with E-state index in [1.807, 2.05) is 32.0 Å². The van der Waals surface area contributed by atoms with Gasteiger partial charge in [-0.2, -0.15) is 0 Å². The summed E-state index contributed by atoms with van der Waals surface area (Å²) in [5, 5.41) is 16.3. The molecule has 0 spiro atoms. The number of fused-ring (bicyclic) bond motifs is 1. The second-order valence-corrected chi connectivity index (χ2v) is 12.5. The molecule has 0 aliphatic heterocycles. The van der Waals surface area contributed by atoms with E-state index in [0.29, 0.717) is 38.8 Å². The Morgan fingerprint density at radius 3 is 2.44 bits per heavy atom. The minimum atomic E-state index is -1.27. The van der Waals surface area contributed by atoms with E-state index in [-0.39, 0.29) is 41.2 Å². The summed E-state index contributed by atoms with van der Waals surface area (Å²) in [5.41, 5.74) is 4.27. The number of carboxylic acids is 1. The van der Waals surface area contributed by atoms with Crippen LogP contribution in [0.25, 0.3) is 22.2 Å². The zero-order chi connectivity index (χ0) is 30.1. The molecule has 1 N–H and O–H groups in total. The fourth-order valence-electron chi connectivity index (χ4n) is 6.24. The van der Waals surface area contributed by atoms with Crippen LogP contribution in [0.4, 0.5) is 5.13 Å². The van der Waals surface area contributed by atoms with Crippen molar-refractivity contribution >= 4 is 50.8 Å². The van der Waals surface area contributed by atoms with Crippen LogP contribution in [0.3, 0.4) is 0 Å². The molecular weight excluding hydrogens is 597 g/mol. The number of rotatable bonds is 9. The second-order valence-electron chi connectivity index (χ2n) is 11.1. The predicted molar refractivity (Wildman–Crippen MR) is 165 cm³/mol. The molecule has 1 aliphatic rings. The number of hydrogen-bond acceptors (Lipinski definition) is 7. The summed E-state index contributed by atoms with van der Waals surface area (Å²) in [4.78, 5) is 31.4. The number of benzene rings is 2. The standard InChI is InChI=1S/C32H36ClN3O5S.Na/c1-17-11-18(2)29-21(12-17)13-24(36(29)16-27(37)38)31(39)35-32-34-28(22-14-26(41-5)23(33)15-25(22)40-4)30(42-32)19(3)20-9-7-6-8-10-20;/h11-15,19-20H,6-10,16H2,1-5H3,(H,37,38)(H,34,35,39);/q;+1/p-1. The number of carbonyl (C=O) groups is 2. The van der Waals surface area contributed by atoms with Crippen LogP contribution in [-0.2, 0) is 11.3 Å². The number of carbonyl (C=O) groups excluding carboxylic acids is 2. The van der Waals surface area contributed by atoms with Gasteiger partial charge in [0.05, 0.1) is 43.0 Å². The smallest absolute Gasteiger partial charge is 0.548 e. The van der Waals surface area contributed by atoms with Gasteiger partial charge < -0.3 is 23.9 Å². The Hall–Kier alpha value is -2.56. The summed E-state index contributed by atoms with van der Waals surface area (Å²) in [6, 6.07) is 9.17. The molecule has 1 amide bonds. The van der Waals surface area contributed by atoms with E-state index in [1.165, 1.54) is 35.2 Å². The molecule has 43 heavy (non-hydrogen) atoms. The van der Waals surface area contributed by atoms with Gasteiger partial charge in [0.15, 0.2) is 5.13 Å². The molecule has 2 aromatic heterocycles. The summed E-state index contributed by atoms with van der Waals surface area (Å²) >= 11 is 7.85. The number of halogens is 1. The van der Waals surface area contributed by atoms with Gasteiger partial charge in [0.2, 0.25) is 0 Å². The van der Waals surface area contributed by atoms with Gasteiger partial charge >= 0.3 is 29.6 Å². The SMILES string of the molecule is COc1cc(-c2nc(NC(=O)c3cc4cc(C)cc(C)c4n3CC(=O)[O-])sc2C(C)C2CCCCC2)c(OC)cc1Cl.[Na+]. The number of aliphatic carboxylic acids is 1. The van der Waals surface area contributed by atoms with Crippen LogP contribution in [0.2, 0.25) is 5.02 Å². The van der Waals surface area contributed by atoms with Gasteiger partial charge in [0.25, 0.3) is 5.91 Å². The minimum absolute atomic E-state index is 0. The van der Waals surface area contributed by atoms with Gasteiger partial charge in [-0.05, 0) is 62.3 Å². The van der Waals surface area contributed by atoms with Crippen LogP contribution < -0.4 is 49.5 Å². The van der Waals surface area contributed by atoms with Crippen LogP contribution in [0.5, 0.6) is 11.5 Å². The first-order valence-corrected chi connectivity index (χ1v) is 15.3. The number of aryl methyl sites for hydroxylation is 2. The summed E-state index contributed by atoms with van der Waals surface area (Å²) in [7, 11) is 3.14. The number of thiazole rings is 1. The van der Waals surface area contributed by atoms with E-state index in [1.54, 1.807) is 26.4 Å². The molecule has 1 saturated carbocycles.